The summed E-state index contributed by atoms with van der Waals surface area (Å²) in [6.45, 7) is 4.64. The Morgan fingerprint density at radius 2 is 1.79 bits per heavy atom. The highest BCUT2D eigenvalue weighted by Gasteiger charge is 2.24. The average Bonchev–Trinajstić information content (AvgIpc) is 3.22. The first kappa shape index (κ1) is 18.0. The minimum Gasteiger partial charge on any atom is -0.493 e. The molecule has 3 aromatic rings. The number of rotatable bonds is 4. The summed E-state index contributed by atoms with van der Waals surface area (Å²) in [5, 5.41) is 7.94. The third kappa shape index (κ3) is 3.19. The topological polar surface area (TPSA) is 85.1 Å². The van der Waals surface area contributed by atoms with E-state index in [2.05, 4.69) is 20.1 Å². The quantitative estimate of drug-likeness (QED) is 0.674. The van der Waals surface area contributed by atoms with Crippen LogP contribution in [-0.2, 0) is 0 Å². The number of carbonyl (C=O) groups excluding carboxylic acids is 1. The highest BCUT2D eigenvalue weighted by atomic mass is 16.5. The van der Waals surface area contributed by atoms with Crippen molar-refractivity contribution in [3.05, 3.63) is 41.9 Å². The van der Waals surface area contributed by atoms with Crippen LogP contribution in [0.4, 0.5) is 5.82 Å². The number of hydrogen-bond acceptors (Lipinski definition) is 7. The van der Waals surface area contributed by atoms with Crippen molar-refractivity contribution in [2.75, 3.05) is 45.3 Å². The van der Waals surface area contributed by atoms with E-state index in [0.29, 0.717) is 49.0 Å². The molecule has 3 heterocycles. The number of piperazine rings is 1. The number of fused-ring (bicyclic) bond motifs is 1. The molecule has 0 atom stereocenters. The number of anilines is 1. The van der Waals surface area contributed by atoms with E-state index in [4.69, 9.17) is 9.47 Å². The first-order valence-electron chi connectivity index (χ1n) is 9.04. The van der Waals surface area contributed by atoms with Crippen molar-refractivity contribution in [1.82, 2.24) is 24.5 Å². The van der Waals surface area contributed by atoms with Gasteiger partial charge in [0.2, 0.25) is 0 Å². The van der Waals surface area contributed by atoms with E-state index in [1.807, 2.05) is 22.3 Å². The molecule has 9 nitrogen and oxygen atoms in total. The standard InChI is InChI=1S/C19H22N6O3/c1-13-10-17(21-19-22-20-12-25(13)19)23-6-8-24(9-7-23)18(26)14-4-5-15(27-2)16(11-14)28-3/h4-5,10-12H,6-9H2,1-3H3. The van der Waals surface area contributed by atoms with Crippen LogP contribution in [0.15, 0.2) is 30.6 Å². The number of ether oxygens (including phenoxy) is 2. The lowest BCUT2D eigenvalue weighted by atomic mass is 10.1. The van der Waals surface area contributed by atoms with Gasteiger partial charge in [0, 0.05) is 43.5 Å². The Morgan fingerprint density at radius 1 is 1.04 bits per heavy atom. The maximum Gasteiger partial charge on any atom is 0.256 e. The van der Waals surface area contributed by atoms with Crippen LogP contribution in [0.25, 0.3) is 5.78 Å². The van der Waals surface area contributed by atoms with E-state index in [-0.39, 0.29) is 5.91 Å². The molecular formula is C19H22N6O3. The normalized spacial score (nSPS) is 14.4. The molecule has 0 saturated carbocycles. The van der Waals surface area contributed by atoms with Gasteiger partial charge in [0.15, 0.2) is 11.5 Å². The van der Waals surface area contributed by atoms with Crippen molar-refractivity contribution in [3.8, 4) is 11.5 Å². The Labute approximate surface area is 162 Å². The smallest absolute Gasteiger partial charge is 0.256 e. The van der Waals surface area contributed by atoms with Crippen LogP contribution in [-0.4, -0.2) is 70.8 Å². The van der Waals surface area contributed by atoms with Gasteiger partial charge in [0.1, 0.15) is 12.1 Å². The van der Waals surface area contributed by atoms with Crippen LogP contribution in [0.3, 0.4) is 0 Å². The molecule has 0 N–H and O–H groups in total. The van der Waals surface area contributed by atoms with Crippen molar-refractivity contribution in [3.63, 3.8) is 0 Å². The van der Waals surface area contributed by atoms with E-state index < -0.39 is 0 Å². The van der Waals surface area contributed by atoms with Crippen molar-refractivity contribution in [1.29, 1.82) is 0 Å². The summed E-state index contributed by atoms with van der Waals surface area (Å²) in [7, 11) is 3.14. The van der Waals surface area contributed by atoms with Gasteiger partial charge in [-0.25, -0.2) is 0 Å². The molecule has 0 unspecified atom stereocenters. The van der Waals surface area contributed by atoms with Crippen molar-refractivity contribution in [2.45, 2.75) is 6.92 Å². The Hall–Kier alpha value is -3.36. The minimum absolute atomic E-state index is 0.0161. The maximum absolute atomic E-state index is 12.9. The molecule has 1 saturated heterocycles. The fourth-order valence-corrected chi connectivity index (χ4v) is 3.40. The van der Waals surface area contributed by atoms with Crippen LogP contribution in [0.1, 0.15) is 16.1 Å². The molecule has 2 aromatic heterocycles. The first-order chi connectivity index (χ1) is 13.6. The van der Waals surface area contributed by atoms with Crippen LogP contribution in [0.2, 0.25) is 0 Å². The predicted molar refractivity (Wildman–Crippen MR) is 103 cm³/mol. The minimum atomic E-state index is -0.0161. The highest BCUT2D eigenvalue weighted by molar-refractivity contribution is 5.95. The summed E-state index contributed by atoms with van der Waals surface area (Å²) in [5.41, 5.74) is 1.61. The zero-order valence-electron chi connectivity index (χ0n) is 16.1. The lowest BCUT2D eigenvalue weighted by molar-refractivity contribution is 0.0746. The van der Waals surface area contributed by atoms with E-state index in [1.165, 1.54) is 0 Å². The molecule has 4 rings (SSSR count). The Bertz CT molecular complexity index is 1010. The monoisotopic (exact) mass is 382 g/mol. The van der Waals surface area contributed by atoms with Crippen molar-refractivity contribution < 1.29 is 14.3 Å². The second-order valence-corrected chi connectivity index (χ2v) is 6.61. The lowest BCUT2D eigenvalue weighted by Crippen LogP contribution is -2.49. The molecule has 9 heteroatoms. The van der Waals surface area contributed by atoms with Gasteiger partial charge in [-0.2, -0.15) is 4.98 Å². The summed E-state index contributed by atoms with van der Waals surface area (Å²) >= 11 is 0. The molecule has 1 aliphatic rings. The fourth-order valence-electron chi connectivity index (χ4n) is 3.40. The fraction of sp³-hybridized carbons (Fsp3) is 0.368. The van der Waals surface area contributed by atoms with E-state index in [0.717, 1.165) is 11.5 Å². The van der Waals surface area contributed by atoms with Crippen molar-refractivity contribution in [2.24, 2.45) is 0 Å². The largest absolute Gasteiger partial charge is 0.493 e. The molecule has 1 amide bonds. The van der Waals surface area contributed by atoms with Gasteiger partial charge in [-0.15, -0.1) is 10.2 Å². The second-order valence-electron chi connectivity index (χ2n) is 6.61. The third-order valence-electron chi connectivity index (χ3n) is 4.98. The van der Waals surface area contributed by atoms with Gasteiger partial charge in [-0.3, -0.25) is 9.20 Å². The highest BCUT2D eigenvalue weighted by Crippen LogP contribution is 2.28. The summed E-state index contributed by atoms with van der Waals surface area (Å²) in [4.78, 5) is 21.5. The summed E-state index contributed by atoms with van der Waals surface area (Å²) in [5.74, 6) is 2.58. The lowest BCUT2D eigenvalue weighted by Gasteiger charge is -2.35. The molecule has 1 aliphatic heterocycles. The first-order valence-corrected chi connectivity index (χ1v) is 9.04. The van der Waals surface area contributed by atoms with Gasteiger partial charge in [0.25, 0.3) is 11.7 Å². The molecule has 28 heavy (non-hydrogen) atoms. The van der Waals surface area contributed by atoms with Crippen LogP contribution >= 0.6 is 0 Å². The van der Waals surface area contributed by atoms with Gasteiger partial charge >= 0.3 is 0 Å². The molecule has 0 bridgehead atoms. The third-order valence-corrected chi connectivity index (χ3v) is 4.98. The predicted octanol–water partition coefficient (Wildman–Crippen LogP) is 1.41. The van der Waals surface area contributed by atoms with Crippen LogP contribution in [0, 0.1) is 6.92 Å². The number of hydrogen-bond donors (Lipinski definition) is 0. The second kappa shape index (κ2) is 7.34. The molecule has 1 fully saturated rings. The number of aryl methyl sites for hydroxylation is 1. The molecule has 0 radical (unpaired) electrons. The van der Waals surface area contributed by atoms with Crippen molar-refractivity contribution >= 4 is 17.5 Å². The maximum atomic E-state index is 12.9. The molecule has 0 aliphatic carbocycles. The number of methoxy groups -OCH3 is 2. The molecule has 1 aromatic carbocycles. The Kier molecular flexibility index (Phi) is 4.72. The molecular weight excluding hydrogens is 360 g/mol. The number of benzene rings is 1. The van der Waals surface area contributed by atoms with E-state index >= 15 is 0 Å². The summed E-state index contributed by atoms with van der Waals surface area (Å²) in [6.07, 6.45) is 1.65. The van der Waals surface area contributed by atoms with Crippen LogP contribution in [0.5, 0.6) is 11.5 Å². The summed E-state index contributed by atoms with van der Waals surface area (Å²) < 4.78 is 12.4. The SMILES string of the molecule is COc1ccc(C(=O)N2CCN(c3cc(C)n4cnnc4n3)CC2)cc1OC. The number of amides is 1. The van der Waals surface area contributed by atoms with Gasteiger partial charge in [0.05, 0.1) is 14.2 Å². The summed E-state index contributed by atoms with van der Waals surface area (Å²) in [6, 6.07) is 7.25. The number of carbonyl (C=O) groups is 1. The van der Waals surface area contributed by atoms with Gasteiger partial charge < -0.3 is 19.3 Å². The van der Waals surface area contributed by atoms with E-state index in [1.54, 1.807) is 38.7 Å². The van der Waals surface area contributed by atoms with Gasteiger partial charge in [-0.1, -0.05) is 0 Å². The van der Waals surface area contributed by atoms with Crippen LogP contribution < -0.4 is 14.4 Å². The Balaban J connectivity index is 1.46. The molecule has 0 spiro atoms. The number of nitrogens with zero attached hydrogens (tertiary/aromatic N) is 6. The zero-order chi connectivity index (χ0) is 19.7. The average molecular weight is 382 g/mol. The number of aromatic nitrogens is 4. The van der Waals surface area contributed by atoms with Gasteiger partial charge in [-0.05, 0) is 25.1 Å². The molecule has 146 valence electrons. The van der Waals surface area contributed by atoms with E-state index in [9.17, 15) is 4.79 Å². The Morgan fingerprint density at radius 3 is 2.50 bits per heavy atom. The zero-order valence-corrected chi connectivity index (χ0v) is 16.1.